The second kappa shape index (κ2) is 7.50. The predicted octanol–water partition coefficient (Wildman–Crippen LogP) is 1.85. The molecule has 25 heavy (non-hydrogen) atoms. The molecule has 5 nitrogen and oxygen atoms in total. The van der Waals surface area contributed by atoms with Crippen LogP contribution in [0.1, 0.15) is 11.1 Å². The van der Waals surface area contributed by atoms with Gasteiger partial charge in [0.2, 0.25) is 5.91 Å². The molecule has 128 valence electrons. The molecule has 0 fully saturated rings. The summed E-state index contributed by atoms with van der Waals surface area (Å²) in [5.74, 6) is -1.75. The van der Waals surface area contributed by atoms with Crippen LogP contribution in [0.3, 0.4) is 0 Å². The van der Waals surface area contributed by atoms with Gasteiger partial charge < -0.3 is 19.8 Å². The normalized spacial score (nSPS) is 12.1. The first kappa shape index (κ1) is 17.2. The Balaban J connectivity index is 1.73. The quantitative estimate of drug-likeness (QED) is 0.598. The summed E-state index contributed by atoms with van der Waals surface area (Å²) in [6, 6.07) is 13.7. The van der Waals surface area contributed by atoms with E-state index in [4.69, 9.17) is 4.42 Å². The summed E-state index contributed by atoms with van der Waals surface area (Å²) in [6.07, 6.45) is 1.60. The Kier molecular flexibility index (Phi) is 5.16. The maximum atomic E-state index is 13.7. The largest absolute Gasteiger partial charge is 0.475 e. The third-order valence-corrected chi connectivity index (χ3v) is 3.99. The molecular formula is C18H17BFNO4. The van der Waals surface area contributed by atoms with Crippen molar-refractivity contribution < 1.29 is 23.7 Å². The third-order valence-electron chi connectivity index (χ3n) is 3.99. The molecule has 0 saturated carbocycles. The number of nitrogens with one attached hydrogen (secondary N) is 1. The monoisotopic (exact) mass is 341 g/mol. The van der Waals surface area contributed by atoms with Crippen molar-refractivity contribution in [3.8, 4) is 0 Å². The first-order valence-corrected chi connectivity index (χ1v) is 7.88. The summed E-state index contributed by atoms with van der Waals surface area (Å²) >= 11 is 0. The van der Waals surface area contributed by atoms with E-state index in [1.807, 2.05) is 30.3 Å². The van der Waals surface area contributed by atoms with Gasteiger partial charge in [0.25, 0.3) is 0 Å². The zero-order valence-corrected chi connectivity index (χ0v) is 13.4. The molecule has 7 heteroatoms. The standard InChI is InChI=1S/C18H17BFNO4/c20-15-8-4-7-14-13(11-25-18(14)15)10-16(19(23)24)21-17(22)9-12-5-2-1-3-6-12/h1-8,11,16,23-24H,9-10H2,(H,21,22)/t16-/m0/s1. The van der Waals surface area contributed by atoms with Gasteiger partial charge in [-0.1, -0.05) is 42.5 Å². The molecule has 0 unspecified atom stereocenters. The number of amides is 1. The number of hydrogen-bond donors (Lipinski definition) is 3. The van der Waals surface area contributed by atoms with Crippen LogP contribution in [-0.4, -0.2) is 29.0 Å². The van der Waals surface area contributed by atoms with Crippen LogP contribution >= 0.6 is 0 Å². The molecule has 0 aliphatic carbocycles. The van der Waals surface area contributed by atoms with Crippen molar-refractivity contribution in [2.75, 3.05) is 0 Å². The topological polar surface area (TPSA) is 82.7 Å². The smallest absolute Gasteiger partial charge is 0.461 e. The van der Waals surface area contributed by atoms with E-state index in [0.29, 0.717) is 10.9 Å². The lowest BCUT2D eigenvalue weighted by atomic mass is 9.75. The first-order valence-electron chi connectivity index (χ1n) is 7.88. The minimum atomic E-state index is -1.75. The minimum absolute atomic E-state index is 0.106. The number of furan rings is 1. The van der Waals surface area contributed by atoms with Crippen molar-refractivity contribution in [1.29, 1.82) is 0 Å². The average molecular weight is 341 g/mol. The highest BCUT2D eigenvalue weighted by atomic mass is 19.1. The molecule has 0 aliphatic heterocycles. The lowest BCUT2D eigenvalue weighted by Gasteiger charge is -2.17. The number of benzene rings is 2. The molecule has 3 aromatic rings. The summed E-state index contributed by atoms with van der Waals surface area (Å²) in [4.78, 5) is 12.2. The van der Waals surface area contributed by atoms with Crippen LogP contribution in [0.5, 0.6) is 0 Å². The van der Waals surface area contributed by atoms with Crippen molar-refractivity contribution in [2.45, 2.75) is 18.8 Å². The highest BCUT2D eigenvalue weighted by Gasteiger charge is 2.27. The van der Waals surface area contributed by atoms with Gasteiger partial charge in [-0.3, -0.25) is 4.79 Å². The Hall–Kier alpha value is -2.64. The van der Waals surface area contributed by atoms with E-state index in [2.05, 4.69) is 5.32 Å². The van der Waals surface area contributed by atoms with Crippen LogP contribution in [0.4, 0.5) is 4.39 Å². The number of carbonyl (C=O) groups excluding carboxylic acids is 1. The van der Waals surface area contributed by atoms with E-state index in [9.17, 15) is 19.2 Å². The Morgan fingerprint density at radius 2 is 1.92 bits per heavy atom. The summed E-state index contributed by atoms with van der Waals surface area (Å²) in [5, 5.41) is 22.3. The van der Waals surface area contributed by atoms with Gasteiger partial charge in [-0.2, -0.15) is 0 Å². The van der Waals surface area contributed by atoms with Gasteiger partial charge >= 0.3 is 7.12 Å². The maximum Gasteiger partial charge on any atom is 0.475 e. The zero-order chi connectivity index (χ0) is 17.8. The fraction of sp³-hybridized carbons (Fsp3) is 0.167. The molecule has 0 spiro atoms. The number of hydrogen-bond acceptors (Lipinski definition) is 4. The Morgan fingerprint density at radius 3 is 2.64 bits per heavy atom. The van der Waals surface area contributed by atoms with Crippen LogP contribution in [-0.2, 0) is 17.6 Å². The number of para-hydroxylation sites is 1. The number of carbonyl (C=O) groups is 1. The van der Waals surface area contributed by atoms with Crippen LogP contribution < -0.4 is 5.32 Å². The lowest BCUT2D eigenvalue weighted by Crippen LogP contribution is -2.48. The first-order chi connectivity index (χ1) is 12.0. The molecule has 1 atom stereocenters. The second-order valence-electron chi connectivity index (χ2n) is 5.83. The van der Waals surface area contributed by atoms with Crippen LogP contribution in [0, 0.1) is 5.82 Å². The second-order valence-corrected chi connectivity index (χ2v) is 5.83. The summed E-state index contributed by atoms with van der Waals surface area (Å²) in [6.45, 7) is 0. The SMILES string of the molecule is O=C(Cc1ccccc1)N[C@@H](Cc1coc2c(F)cccc12)B(O)O. The minimum Gasteiger partial charge on any atom is -0.461 e. The molecule has 0 bridgehead atoms. The van der Waals surface area contributed by atoms with Gasteiger partial charge in [0.05, 0.1) is 18.6 Å². The lowest BCUT2D eigenvalue weighted by molar-refractivity contribution is -0.120. The van der Waals surface area contributed by atoms with Crippen molar-refractivity contribution in [3.63, 3.8) is 0 Å². The highest BCUT2D eigenvalue weighted by molar-refractivity contribution is 6.43. The van der Waals surface area contributed by atoms with Gasteiger partial charge in [0.15, 0.2) is 11.4 Å². The molecular weight excluding hydrogens is 324 g/mol. The fourth-order valence-corrected chi connectivity index (χ4v) is 2.74. The Morgan fingerprint density at radius 1 is 1.16 bits per heavy atom. The molecule has 3 rings (SSSR count). The molecule has 1 heterocycles. The Bertz CT molecular complexity index is 866. The average Bonchev–Trinajstić information content (AvgIpc) is 2.99. The van der Waals surface area contributed by atoms with Gasteiger partial charge in [0, 0.05) is 5.39 Å². The van der Waals surface area contributed by atoms with Crippen molar-refractivity contribution >= 4 is 24.0 Å². The number of halogens is 1. The van der Waals surface area contributed by atoms with Gasteiger partial charge in [0.1, 0.15) is 0 Å². The van der Waals surface area contributed by atoms with Gasteiger partial charge in [-0.15, -0.1) is 0 Å². The van der Waals surface area contributed by atoms with Crippen molar-refractivity contribution in [3.05, 3.63) is 71.7 Å². The van der Waals surface area contributed by atoms with Crippen LogP contribution in [0.25, 0.3) is 11.0 Å². The van der Waals surface area contributed by atoms with Crippen molar-refractivity contribution in [2.24, 2.45) is 0 Å². The molecule has 0 aliphatic rings. The van der Waals surface area contributed by atoms with E-state index >= 15 is 0 Å². The van der Waals surface area contributed by atoms with E-state index in [-0.39, 0.29) is 24.3 Å². The van der Waals surface area contributed by atoms with E-state index < -0.39 is 18.9 Å². The maximum absolute atomic E-state index is 13.7. The molecule has 3 N–H and O–H groups in total. The van der Waals surface area contributed by atoms with Crippen LogP contribution in [0.15, 0.2) is 59.2 Å². The molecule has 0 saturated heterocycles. The summed E-state index contributed by atoms with van der Waals surface area (Å²) in [5.41, 5.74) is 1.52. The summed E-state index contributed by atoms with van der Waals surface area (Å²) in [7, 11) is -1.75. The number of rotatable bonds is 6. The zero-order valence-electron chi connectivity index (χ0n) is 13.4. The molecule has 2 aromatic carbocycles. The Labute approximate surface area is 144 Å². The third kappa shape index (κ3) is 4.07. The molecule has 1 amide bonds. The van der Waals surface area contributed by atoms with Gasteiger partial charge in [-0.25, -0.2) is 4.39 Å². The predicted molar refractivity (Wildman–Crippen MR) is 92.1 cm³/mol. The fourth-order valence-electron chi connectivity index (χ4n) is 2.74. The van der Waals surface area contributed by atoms with E-state index in [1.54, 1.807) is 12.1 Å². The highest BCUT2D eigenvalue weighted by Crippen LogP contribution is 2.24. The van der Waals surface area contributed by atoms with Gasteiger partial charge in [-0.05, 0) is 23.6 Å². The molecule has 0 radical (unpaired) electrons. The number of fused-ring (bicyclic) bond motifs is 1. The molecule has 1 aromatic heterocycles. The van der Waals surface area contributed by atoms with Crippen molar-refractivity contribution in [1.82, 2.24) is 5.32 Å². The van der Waals surface area contributed by atoms with E-state index in [1.165, 1.54) is 12.3 Å². The summed E-state index contributed by atoms with van der Waals surface area (Å²) < 4.78 is 18.9. The van der Waals surface area contributed by atoms with E-state index in [0.717, 1.165) is 5.56 Å². The van der Waals surface area contributed by atoms with Crippen LogP contribution in [0.2, 0.25) is 0 Å².